The van der Waals surface area contributed by atoms with Crippen LogP contribution in [0.2, 0.25) is 0 Å². The van der Waals surface area contributed by atoms with Crippen LogP contribution in [0.3, 0.4) is 0 Å². The van der Waals surface area contributed by atoms with E-state index < -0.39 is 11.6 Å². The molecule has 0 saturated carbocycles. The molecule has 2 heterocycles. The Morgan fingerprint density at radius 3 is 2.50 bits per heavy atom. The van der Waals surface area contributed by atoms with E-state index in [0.29, 0.717) is 19.1 Å². The van der Waals surface area contributed by atoms with E-state index in [4.69, 9.17) is 0 Å². The third-order valence-corrected chi connectivity index (χ3v) is 4.95. The number of nitrogens with zero attached hydrogens (tertiary/aromatic N) is 2. The van der Waals surface area contributed by atoms with Crippen molar-refractivity contribution in [3.63, 3.8) is 0 Å². The summed E-state index contributed by atoms with van der Waals surface area (Å²) in [6, 6.07) is 4.10. The van der Waals surface area contributed by atoms with E-state index in [1.807, 2.05) is 7.05 Å². The van der Waals surface area contributed by atoms with Crippen LogP contribution in [0, 0.1) is 11.6 Å². The van der Waals surface area contributed by atoms with Crippen molar-refractivity contribution in [3.05, 3.63) is 40.9 Å². The summed E-state index contributed by atoms with van der Waals surface area (Å²) in [4.78, 5) is 18.4. The number of carbonyl (C=O) groups excluding carboxylic acids is 1. The second-order valence-corrected chi connectivity index (χ2v) is 6.35. The Bertz CT molecular complexity index is 697. The van der Waals surface area contributed by atoms with Crippen LogP contribution in [-0.4, -0.2) is 42.0 Å². The largest absolute Gasteiger partial charge is 0.337 e. The minimum Gasteiger partial charge on any atom is -0.337 e. The third-order valence-electron chi connectivity index (χ3n) is 4.09. The van der Waals surface area contributed by atoms with Gasteiger partial charge in [0.1, 0.15) is 22.3 Å². The molecule has 8 heteroatoms. The minimum absolute atomic E-state index is 0. The summed E-state index contributed by atoms with van der Waals surface area (Å²) in [5.41, 5.74) is 0.0704. The number of halogens is 3. The van der Waals surface area contributed by atoms with Gasteiger partial charge in [0, 0.05) is 24.5 Å². The standard InChI is InChI=1S/C16H17F2N3OS.ClH/c1-19-10-5-7-21(8-6-10)16(22)13-9-23-15(20-13)14-11(17)3-2-4-12(14)18;/h2-4,9-10,19H,5-8H2,1H3;1H. The Kier molecular flexibility index (Phi) is 6.26. The normalized spacial score (nSPS) is 15.2. The number of aromatic nitrogens is 1. The predicted octanol–water partition coefficient (Wildman–Crippen LogP) is 3.33. The lowest BCUT2D eigenvalue weighted by Crippen LogP contribution is -2.44. The number of thiazole rings is 1. The molecule has 1 saturated heterocycles. The van der Waals surface area contributed by atoms with Gasteiger partial charge in [0.2, 0.25) is 0 Å². The van der Waals surface area contributed by atoms with Gasteiger partial charge in [-0.15, -0.1) is 23.7 Å². The van der Waals surface area contributed by atoms with E-state index in [1.165, 1.54) is 18.2 Å². The van der Waals surface area contributed by atoms with E-state index in [9.17, 15) is 13.6 Å². The first-order chi connectivity index (χ1) is 11.1. The molecular weight excluding hydrogens is 356 g/mol. The Balaban J connectivity index is 0.00000208. The minimum atomic E-state index is -0.673. The number of carbonyl (C=O) groups is 1. The molecule has 2 aromatic rings. The molecule has 4 nitrogen and oxygen atoms in total. The molecule has 0 radical (unpaired) electrons. The molecule has 0 bridgehead atoms. The highest BCUT2D eigenvalue weighted by Gasteiger charge is 2.25. The third kappa shape index (κ3) is 3.74. The van der Waals surface area contributed by atoms with Gasteiger partial charge < -0.3 is 10.2 Å². The predicted molar refractivity (Wildman–Crippen MR) is 92.7 cm³/mol. The molecule has 1 N–H and O–H groups in total. The van der Waals surface area contributed by atoms with Crippen LogP contribution in [0.15, 0.2) is 23.6 Å². The van der Waals surface area contributed by atoms with Crippen molar-refractivity contribution < 1.29 is 13.6 Å². The van der Waals surface area contributed by atoms with Crippen molar-refractivity contribution in [1.29, 1.82) is 0 Å². The molecule has 1 fully saturated rings. The number of nitrogens with one attached hydrogen (secondary N) is 1. The highest BCUT2D eigenvalue weighted by atomic mass is 35.5. The molecule has 0 aliphatic carbocycles. The van der Waals surface area contributed by atoms with Gasteiger partial charge in [0.25, 0.3) is 5.91 Å². The molecule has 130 valence electrons. The maximum atomic E-state index is 13.8. The average Bonchev–Trinajstić information content (AvgIpc) is 3.04. The molecule has 1 aliphatic rings. The van der Waals surface area contributed by atoms with E-state index in [-0.39, 0.29) is 34.6 Å². The molecule has 1 aliphatic heterocycles. The van der Waals surface area contributed by atoms with Crippen molar-refractivity contribution in [2.45, 2.75) is 18.9 Å². The van der Waals surface area contributed by atoms with Gasteiger partial charge in [-0.25, -0.2) is 13.8 Å². The molecule has 0 spiro atoms. The van der Waals surface area contributed by atoms with Crippen LogP contribution in [0.25, 0.3) is 10.6 Å². The second-order valence-electron chi connectivity index (χ2n) is 5.49. The lowest BCUT2D eigenvalue weighted by molar-refractivity contribution is 0.0702. The highest BCUT2D eigenvalue weighted by Crippen LogP contribution is 2.29. The van der Waals surface area contributed by atoms with Gasteiger partial charge in [-0.05, 0) is 32.0 Å². The Morgan fingerprint density at radius 2 is 1.92 bits per heavy atom. The number of piperidine rings is 1. The average molecular weight is 374 g/mol. The zero-order chi connectivity index (χ0) is 16.4. The van der Waals surface area contributed by atoms with Gasteiger partial charge in [-0.2, -0.15) is 0 Å². The number of rotatable bonds is 3. The van der Waals surface area contributed by atoms with Crippen LogP contribution < -0.4 is 5.32 Å². The number of benzene rings is 1. The zero-order valence-corrected chi connectivity index (χ0v) is 14.7. The van der Waals surface area contributed by atoms with Crippen molar-refractivity contribution in [1.82, 2.24) is 15.2 Å². The molecule has 1 amide bonds. The maximum Gasteiger partial charge on any atom is 0.273 e. The summed E-state index contributed by atoms with van der Waals surface area (Å²) in [5.74, 6) is -1.53. The van der Waals surface area contributed by atoms with E-state index in [2.05, 4.69) is 10.3 Å². The van der Waals surface area contributed by atoms with Gasteiger partial charge >= 0.3 is 0 Å². The van der Waals surface area contributed by atoms with Crippen molar-refractivity contribution in [2.24, 2.45) is 0 Å². The van der Waals surface area contributed by atoms with Gasteiger partial charge in [-0.1, -0.05) is 6.07 Å². The quantitative estimate of drug-likeness (QED) is 0.897. The van der Waals surface area contributed by atoms with Crippen LogP contribution in [-0.2, 0) is 0 Å². The molecule has 1 aromatic carbocycles. The molecule has 0 unspecified atom stereocenters. The van der Waals surface area contributed by atoms with E-state index in [1.54, 1.807) is 10.3 Å². The molecule has 24 heavy (non-hydrogen) atoms. The fourth-order valence-corrected chi connectivity index (χ4v) is 3.56. The highest BCUT2D eigenvalue weighted by molar-refractivity contribution is 7.13. The van der Waals surface area contributed by atoms with Crippen molar-refractivity contribution in [2.75, 3.05) is 20.1 Å². The molecule has 1 aromatic heterocycles. The number of hydrogen-bond acceptors (Lipinski definition) is 4. The Labute approximate surface area is 149 Å². The summed E-state index contributed by atoms with van der Waals surface area (Å²) in [7, 11) is 1.91. The first-order valence-electron chi connectivity index (χ1n) is 7.46. The van der Waals surface area contributed by atoms with Gasteiger partial charge in [0.15, 0.2) is 0 Å². The monoisotopic (exact) mass is 373 g/mol. The van der Waals surface area contributed by atoms with Crippen LogP contribution in [0.4, 0.5) is 8.78 Å². The first-order valence-corrected chi connectivity index (χ1v) is 8.34. The van der Waals surface area contributed by atoms with Crippen molar-refractivity contribution in [3.8, 4) is 10.6 Å². The molecule has 0 atom stereocenters. The summed E-state index contributed by atoms with van der Waals surface area (Å²) in [5, 5.41) is 4.96. The zero-order valence-electron chi connectivity index (χ0n) is 13.1. The van der Waals surface area contributed by atoms with Gasteiger partial charge in [0.05, 0.1) is 5.56 Å². The summed E-state index contributed by atoms with van der Waals surface area (Å²) in [6.45, 7) is 1.32. The van der Waals surface area contributed by atoms with Gasteiger partial charge in [-0.3, -0.25) is 4.79 Å². The molecule has 3 rings (SSSR count). The Hall–Kier alpha value is -1.57. The summed E-state index contributed by atoms with van der Waals surface area (Å²) >= 11 is 1.08. The SMILES string of the molecule is CNC1CCN(C(=O)c2csc(-c3c(F)cccc3F)n2)CC1.Cl. The van der Waals surface area contributed by atoms with Crippen molar-refractivity contribution >= 4 is 29.7 Å². The molecular formula is C16H18ClF2N3OS. The number of amides is 1. The topological polar surface area (TPSA) is 45.2 Å². The van der Waals surface area contributed by atoms with Crippen LogP contribution in [0.1, 0.15) is 23.3 Å². The Morgan fingerprint density at radius 1 is 1.29 bits per heavy atom. The fraction of sp³-hybridized carbons (Fsp3) is 0.375. The number of likely N-dealkylation sites (tertiary alicyclic amines) is 1. The van der Waals surface area contributed by atoms with E-state index >= 15 is 0 Å². The summed E-state index contributed by atoms with van der Waals surface area (Å²) < 4.78 is 27.6. The van der Waals surface area contributed by atoms with E-state index in [0.717, 1.165) is 24.2 Å². The first kappa shape index (κ1) is 18.8. The smallest absolute Gasteiger partial charge is 0.273 e. The summed E-state index contributed by atoms with van der Waals surface area (Å²) in [6.07, 6.45) is 1.78. The maximum absolute atomic E-state index is 13.8. The lowest BCUT2D eigenvalue weighted by atomic mass is 10.1. The fourth-order valence-electron chi connectivity index (χ4n) is 2.72. The van der Waals surface area contributed by atoms with Crippen LogP contribution >= 0.6 is 23.7 Å². The second kappa shape index (κ2) is 8.00. The number of hydrogen-bond donors (Lipinski definition) is 1. The van der Waals surface area contributed by atoms with Crippen LogP contribution in [0.5, 0.6) is 0 Å². The lowest BCUT2D eigenvalue weighted by Gasteiger charge is -2.31.